The second-order valence-electron chi connectivity index (χ2n) is 4.71. The summed E-state index contributed by atoms with van der Waals surface area (Å²) in [5, 5.41) is 3.41. The fourth-order valence-corrected chi connectivity index (χ4v) is 3.92. The van der Waals surface area contributed by atoms with E-state index in [1.807, 2.05) is 0 Å². The Labute approximate surface area is 105 Å². The van der Waals surface area contributed by atoms with Crippen molar-refractivity contribution < 1.29 is 8.78 Å². The molecule has 94 valence electrons. The van der Waals surface area contributed by atoms with E-state index < -0.39 is 0 Å². The standard InChI is InChI=1S/C13H17F2NS/c1-7(2)13-12(16-3)11-8(6-17-13)9(14)4-5-10(11)15/h4-5,7,12-13,16H,6H2,1-3H3. The Kier molecular flexibility index (Phi) is 3.73. The molecule has 0 bridgehead atoms. The minimum atomic E-state index is -0.299. The molecule has 0 aliphatic carbocycles. The second-order valence-corrected chi connectivity index (χ2v) is 5.87. The van der Waals surface area contributed by atoms with Crippen LogP contribution in [-0.4, -0.2) is 12.3 Å². The first-order valence-corrected chi connectivity index (χ1v) is 6.86. The molecule has 0 amide bonds. The lowest BCUT2D eigenvalue weighted by atomic mass is 9.92. The van der Waals surface area contributed by atoms with Gasteiger partial charge in [0.25, 0.3) is 0 Å². The van der Waals surface area contributed by atoms with E-state index in [1.54, 1.807) is 18.8 Å². The van der Waals surface area contributed by atoms with Gasteiger partial charge in [0.05, 0.1) is 0 Å². The van der Waals surface area contributed by atoms with Crippen molar-refractivity contribution in [2.24, 2.45) is 5.92 Å². The first-order valence-electron chi connectivity index (χ1n) is 5.82. The van der Waals surface area contributed by atoms with Crippen LogP contribution in [0.3, 0.4) is 0 Å². The summed E-state index contributed by atoms with van der Waals surface area (Å²) in [7, 11) is 1.81. The predicted molar refractivity (Wildman–Crippen MR) is 68.1 cm³/mol. The van der Waals surface area contributed by atoms with Crippen LogP contribution < -0.4 is 5.32 Å². The SMILES string of the molecule is CNC1c2c(F)ccc(F)c2CSC1C(C)C. The number of halogens is 2. The number of thioether (sulfide) groups is 1. The van der Waals surface area contributed by atoms with Gasteiger partial charge in [-0.2, -0.15) is 11.8 Å². The maximum atomic E-state index is 13.9. The molecule has 2 rings (SSSR count). The molecule has 1 aliphatic heterocycles. The number of hydrogen-bond acceptors (Lipinski definition) is 2. The molecule has 1 nitrogen and oxygen atoms in total. The molecule has 0 saturated heterocycles. The minimum Gasteiger partial charge on any atom is -0.312 e. The smallest absolute Gasteiger partial charge is 0.128 e. The molecule has 1 N–H and O–H groups in total. The highest BCUT2D eigenvalue weighted by molar-refractivity contribution is 7.99. The molecule has 0 saturated carbocycles. The van der Waals surface area contributed by atoms with Crippen LogP contribution in [0.5, 0.6) is 0 Å². The van der Waals surface area contributed by atoms with Crippen LogP contribution in [0.4, 0.5) is 8.78 Å². The van der Waals surface area contributed by atoms with Crippen LogP contribution in [-0.2, 0) is 5.75 Å². The third kappa shape index (κ3) is 2.20. The molecular formula is C13H17F2NS. The quantitative estimate of drug-likeness (QED) is 0.870. The number of benzene rings is 1. The Hall–Kier alpha value is -0.610. The molecule has 4 heteroatoms. The summed E-state index contributed by atoms with van der Waals surface area (Å²) in [4.78, 5) is 0. The van der Waals surface area contributed by atoms with Crippen molar-refractivity contribution in [3.05, 3.63) is 34.9 Å². The van der Waals surface area contributed by atoms with Crippen molar-refractivity contribution in [2.75, 3.05) is 7.05 Å². The highest BCUT2D eigenvalue weighted by Crippen LogP contribution is 2.42. The molecule has 0 radical (unpaired) electrons. The van der Waals surface area contributed by atoms with Gasteiger partial charge in [-0.3, -0.25) is 0 Å². The van der Waals surface area contributed by atoms with Crippen LogP contribution in [0.25, 0.3) is 0 Å². The van der Waals surface area contributed by atoms with E-state index in [9.17, 15) is 8.78 Å². The zero-order chi connectivity index (χ0) is 12.6. The number of fused-ring (bicyclic) bond motifs is 1. The molecule has 2 atom stereocenters. The predicted octanol–water partition coefficient (Wildman–Crippen LogP) is 3.50. The molecule has 1 aliphatic rings. The van der Waals surface area contributed by atoms with E-state index in [0.29, 0.717) is 22.8 Å². The van der Waals surface area contributed by atoms with Gasteiger partial charge in [-0.05, 0) is 25.1 Å². The Morgan fingerprint density at radius 1 is 1.29 bits per heavy atom. The highest BCUT2D eigenvalue weighted by atomic mass is 32.2. The largest absolute Gasteiger partial charge is 0.312 e. The van der Waals surface area contributed by atoms with Crippen molar-refractivity contribution in [3.8, 4) is 0 Å². The molecule has 1 heterocycles. The van der Waals surface area contributed by atoms with E-state index in [4.69, 9.17) is 0 Å². The lowest BCUT2D eigenvalue weighted by Crippen LogP contribution is -2.35. The summed E-state index contributed by atoms with van der Waals surface area (Å²) < 4.78 is 27.6. The summed E-state index contributed by atoms with van der Waals surface area (Å²) in [5.41, 5.74) is 1.04. The lowest BCUT2D eigenvalue weighted by molar-refractivity contribution is 0.441. The van der Waals surface area contributed by atoms with Crippen molar-refractivity contribution in [3.63, 3.8) is 0 Å². The second kappa shape index (κ2) is 4.94. The maximum absolute atomic E-state index is 13.9. The number of rotatable bonds is 2. The van der Waals surface area contributed by atoms with Gasteiger partial charge in [-0.25, -0.2) is 8.78 Å². The molecule has 2 unspecified atom stereocenters. The van der Waals surface area contributed by atoms with Crippen LogP contribution >= 0.6 is 11.8 Å². The monoisotopic (exact) mass is 257 g/mol. The van der Waals surface area contributed by atoms with Crippen molar-refractivity contribution >= 4 is 11.8 Å². The minimum absolute atomic E-state index is 0.112. The molecule has 1 aromatic carbocycles. The van der Waals surface area contributed by atoms with E-state index in [1.165, 1.54) is 12.1 Å². The van der Waals surface area contributed by atoms with E-state index >= 15 is 0 Å². The topological polar surface area (TPSA) is 12.0 Å². The van der Waals surface area contributed by atoms with Gasteiger partial charge in [0.15, 0.2) is 0 Å². The Balaban J connectivity index is 2.50. The van der Waals surface area contributed by atoms with Crippen molar-refractivity contribution in [1.82, 2.24) is 5.32 Å². The van der Waals surface area contributed by atoms with E-state index in [2.05, 4.69) is 19.2 Å². The average Bonchev–Trinajstić information content (AvgIpc) is 2.32. The Bertz CT molecular complexity index is 420. The molecule has 17 heavy (non-hydrogen) atoms. The zero-order valence-electron chi connectivity index (χ0n) is 10.3. The first-order chi connectivity index (χ1) is 8.06. The zero-order valence-corrected chi connectivity index (χ0v) is 11.1. The fraction of sp³-hybridized carbons (Fsp3) is 0.538. The van der Waals surface area contributed by atoms with Crippen LogP contribution in [0, 0.1) is 17.6 Å². The van der Waals surface area contributed by atoms with Gasteiger partial charge >= 0.3 is 0 Å². The first kappa shape index (κ1) is 12.8. The van der Waals surface area contributed by atoms with Crippen LogP contribution in [0.1, 0.15) is 31.0 Å². The lowest BCUT2D eigenvalue weighted by Gasteiger charge is -2.35. The summed E-state index contributed by atoms with van der Waals surface area (Å²) >= 11 is 1.70. The van der Waals surface area contributed by atoms with E-state index in [0.717, 1.165) is 0 Å². The fourth-order valence-electron chi connectivity index (χ4n) is 2.42. The summed E-state index contributed by atoms with van der Waals surface area (Å²) in [6, 6.07) is 2.34. The van der Waals surface area contributed by atoms with Gasteiger partial charge in [-0.15, -0.1) is 0 Å². The summed E-state index contributed by atoms with van der Waals surface area (Å²) in [6.07, 6.45) is 0. The van der Waals surface area contributed by atoms with Gasteiger partial charge in [-0.1, -0.05) is 13.8 Å². The molecule has 0 fully saturated rings. The normalized spacial score (nSPS) is 23.9. The van der Waals surface area contributed by atoms with Crippen LogP contribution in [0.15, 0.2) is 12.1 Å². The van der Waals surface area contributed by atoms with Crippen molar-refractivity contribution in [2.45, 2.75) is 30.9 Å². The highest BCUT2D eigenvalue weighted by Gasteiger charge is 2.34. The Morgan fingerprint density at radius 3 is 2.53 bits per heavy atom. The van der Waals surface area contributed by atoms with Gasteiger partial charge < -0.3 is 5.32 Å². The average molecular weight is 257 g/mol. The Morgan fingerprint density at radius 2 is 1.94 bits per heavy atom. The number of hydrogen-bond donors (Lipinski definition) is 1. The van der Waals surface area contributed by atoms with E-state index in [-0.39, 0.29) is 22.9 Å². The molecule has 1 aromatic rings. The van der Waals surface area contributed by atoms with Crippen LogP contribution in [0.2, 0.25) is 0 Å². The maximum Gasteiger partial charge on any atom is 0.128 e. The third-order valence-corrected chi connectivity index (χ3v) is 4.93. The molecular weight excluding hydrogens is 240 g/mol. The summed E-state index contributed by atoms with van der Waals surface area (Å²) in [6.45, 7) is 4.23. The molecule has 0 spiro atoms. The third-order valence-electron chi connectivity index (χ3n) is 3.27. The van der Waals surface area contributed by atoms with Gasteiger partial charge in [0.1, 0.15) is 11.6 Å². The van der Waals surface area contributed by atoms with Gasteiger partial charge in [0.2, 0.25) is 0 Å². The number of nitrogens with one attached hydrogen (secondary N) is 1. The summed E-state index contributed by atoms with van der Waals surface area (Å²) in [5.74, 6) is 0.385. The molecule has 0 aromatic heterocycles. The van der Waals surface area contributed by atoms with Gasteiger partial charge in [0, 0.05) is 28.2 Å². The van der Waals surface area contributed by atoms with Crippen molar-refractivity contribution in [1.29, 1.82) is 0 Å².